The third-order valence-electron chi connectivity index (χ3n) is 6.39. The maximum atomic E-state index is 13.8. The minimum atomic E-state index is -4.76. The molecule has 0 fully saturated rings. The zero-order valence-corrected chi connectivity index (χ0v) is 25.0. The normalized spacial score (nSPS) is 15.4. The molecule has 0 spiro atoms. The number of nitrogens with one attached hydrogen (secondary N) is 1. The fourth-order valence-electron chi connectivity index (χ4n) is 4.46. The van der Waals surface area contributed by atoms with E-state index in [1.54, 1.807) is 43.9 Å². The quantitative estimate of drug-likeness (QED) is 0.350. The summed E-state index contributed by atoms with van der Waals surface area (Å²) in [5.41, 5.74) is -0.649. The van der Waals surface area contributed by atoms with E-state index >= 15 is 0 Å². The first kappa shape index (κ1) is 31.9. The lowest BCUT2D eigenvalue weighted by Crippen LogP contribution is -2.45. The Morgan fingerprint density at radius 2 is 1.86 bits per heavy atom. The van der Waals surface area contributed by atoms with Gasteiger partial charge in [0.15, 0.2) is 0 Å². The van der Waals surface area contributed by atoms with Gasteiger partial charge in [-0.2, -0.15) is 18.3 Å². The molecule has 232 valence electrons. The molecule has 1 aliphatic heterocycles. The highest BCUT2D eigenvalue weighted by Gasteiger charge is 2.38. The van der Waals surface area contributed by atoms with Crippen molar-refractivity contribution in [2.45, 2.75) is 76.4 Å². The Kier molecular flexibility index (Phi) is 9.09. The molecule has 3 aromatic rings. The van der Waals surface area contributed by atoms with Crippen molar-refractivity contribution in [3.8, 4) is 5.75 Å². The van der Waals surface area contributed by atoms with Gasteiger partial charge < -0.3 is 14.8 Å². The number of carbonyl (C=O) groups excluding carboxylic acids is 2. The molecular formula is C29H33F3N4O6S. The summed E-state index contributed by atoms with van der Waals surface area (Å²) in [6.07, 6.45) is -2.72. The number of anilines is 1. The smallest absolute Gasteiger partial charge is 0.416 e. The Balaban J connectivity index is 1.62. The van der Waals surface area contributed by atoms with Gasteiger partial charge in [0, 0.05) is 24.8 Å². The second kappa shape index (κ2) is 12.3. The lowest BCUT2D eigenvalue weighted by molar-refractivity contribution is -0.154. The topological polar surface area (TPSA) is 120 Å². The molecular weight excluding hydrogens is 589 g/mol. The second-order valence-corrected chi connectivity index (χ2v) is 12.9. The number of rotatable bonds is 9. The Morgan fingerprint density at radius 1 is 1.12 bits per heavy atom. The number of alkyl halides is 3. The van der Waals surface area contributed by atoms with E-state index in [1.165, 1.54) is 12.1 Å². The number of esters is 1. The molecule has 14 heteroatoms. The molecule has 43 heavy (non-hydrogen) atoms. The average molecular weight is 623 g/mol. The van der Waals surface area contributed by atoms with E-state index in [0.29, 0.717) is 18.2 Å². The van der Waals surface area contributed by atoms with Crippen LogP contribution < -0.4 is 14.4 Å². The van der Waals surface area contributed by atoms with Crippen LogP contribution >= 0.6 is 0 Å². The number of ether oxygens (including phenoxy) is 2. The number of aromatic nitrogens is 2. The van der Waals surface area contributed by atoms with E-state index in [-0.39, 0.29) is 37.4 Å². The molecule has 2 aromatic carbocycles. The van der Waals surface area contributed by atoms with Crippen LogP contribution in [0.5, 0.6) is 5.75 Å². The zero-order valence-electron chi connectivity index (χ0n) is 24.1. The summed E-state index contributed by atoms with van der Waals surface area (Å²) in [7, 11) is -4.56. The number of carbonyl (C=O) groups is 2. The summed E-state index contributed by atoms with van der Waals surface area (Å²) in [5, 5.41) is 6.90. The van der Waals surface area contributed by atoms with Crippen LogP contribution in [0.3, 0.4) is 0 Å². The van der Waals surface area contributed by atoms with Gasteiger partial charge in [-0.25, -0.2) is 8.42 Å². The molecule has 0 saturated carbocycles. The maximum absolute atomic E-state index is 13.8. The van der Waals surface area contributed by atoms with Gasteiger partial charge in [-0.3, -0.25) is 18.6 Å². The third-order valence-corrected chi connectivity index (χ3v) is 8.16. The van der Waals surface area contributed by atoms with Crippen LogP contribution in [0.1, 0.15) is 50.8 Å². The van der Waals surface area contributed by atoms with Crippen LogP contribution in [0.15, 0.2) is 59.8 Å². The monoisotopic (exact) mass is 622 g/mol. The summed E-state index contributed by atoms with van der Waals surface area (Å²) < 4.78 is 81.9. The Bertz CT molecular complexity index is 1600. The highest BCUT2D eigenvalue weighted by Crippen LogP contribution is 2.39. The minimum absolute atomic E-state index is 0.0297. The molecule has 1 aliphatic rings. The highest BCUT2D eigenvalue weighted by molar-refractivity contribution is 7.92. The molecule has 10 nitrogen and oxygen atoms in total. The summed E-state index contributed by atoms with van der Waals surface area (Å²) >= 11 is 0. The van der Waals surface area contributed by atoms with Crippen molar-refractivity contribution in [3.63, 3.8) is 0 Å². The molecule has 0 radical (unpaired) electrons. The standard InChI is InChI=1S/C29H33F3N4O6S/c1-5-35-17-20(16-34-35)15-33-26(37)14-22-18-36(43(39,40)23-8-6-7-21(13-23)29(30,31)32)24-11-19(9-10-25(24)41-22)12-27(38)42-28(2,3)4/h6-11,13,16-17,22H,5,12,14-15,18H2,1-4H3,(H,33,37)/t22-/m0/s1. The van der Waals surface area contributed by atoms with E-state index in [2.05, 4.69) is 10.4 Å². The van der Waals surface area contributed by atoms with Crippen LogP contribution in [-0.2, 0) is 50.0 Å². The molecule has 1 atom stereocenters. The van der Waals surface area contributed by atoms with E-state index in [4.69, 9.17) is 9.47 Å². The SMILES string of the molecule is CCn1cc(CNC(=O)C[C@H]2CN(S(=O)(=O)c3cccc(C(F)(F)F)c3)c3cc(CC(=O)OC(C)(C)C)ccc3O2)cn1. The van der Waals surface area contributed by atoms with Crippen molar-refractivity contribution in [2.75, 3.05) is 10.8 Å². The summed E-state index contributed by atoms with van der Waals surface area (Å²) in [6, 6.07) is 7.88. The largest absolute Gasteiger partial charge is 0.486 e. The number of nitrogens with zero attached hydrogens (tertiary/aromatic N) is 3. The Hall–Kier alpha value is -4.07. The number of hydrogen-bond donors (Lipinski definition) is 1. The van der Waals surface area contributed by atoms with Gasteiger partial charge in [-0.15, -0.1) is 0 Å². The van der Waals surface area contributed by atoms with Crippen molar-refractivity contribution in [1.82, 2.24) is 15.1 Å². The highest BCUT2D eigenvalue weighted by atomic mass is 32.2. The fraction of sp³-hybridized carbons (Fsp3) is 0.414. The van der Waals surface area contributed by atoms with Crippen molar-refractivity contribution >= 4 is 27.6 Å². The van der Waals surface area contributed by atoms with Gasteiger partial charge in [-0.05, 0) is 63.6 Å². The number of aryl methyl sites for hydroxylation is 1. The van der Waals surface area contributed by atoms with Crippen LogP contribution in [0.2, 0.25) is 0 Å². The minimum Gasteiger partial charge on any atom is -0.486 e. The second-order valence-electron chi connectivity index (χ2n) is 11.1. The van der Waals surface area contributed by atoms with Gasteiger partial charge in [0.05, 0.1) is 41.7 Å². The molecule has 4 rings (SSSR count). The molecule has 0 aliphatic carbocycles. The van der Waals surface area contributed by atoms with Crippen LogP contribution in [-0.4, -0.2) is 48.3 Å². The molecule has 1 aromatic heterocycles. The molecule has 1 amide bonds. The molecule has 0 bridgehead atoms. The van der Waals surface area contributed by atoms with Gasteiger partial charge in [-0.1, -0.05) is 12.1 Å². The molecule has 0 unspecified atom stereocenters. The van der Waals surface area contributed by atoms with Crippen molar-refractivity contribution < 1.29 is 40.7 Å². The number of sulfonamides is 1. The van der Waals surface area contributed by atoms with E-state index in [0.717, 1.165) is 28.1 Å². The summed E-state index contributed by atoms with van der Waals surface area (Å²) in [4.78, 5) is 24.6. The Labute approximate surface area is 247 Å². The van der Waals surface area contributed by atoms with Crippen molar-refractivity contribution in [1.29, 1.82) is 0 Å². The summed E-state index contributed by atoms with van der Waals surface area (Å²) in [5.74, 6) is -0.872. The lowest BCUT2D eigenvalue weighted by atomic mass is 10.1. The number of halogens is 3. The summed E-state index contributed by atoms with van der Waals surface area (Å²) in [6.45, 7) is 7.56. The van der Waals surface area contributed by atoms with Crippen LogP contribution in [0.4, 0.5) is 18.9 Å². The molecule has 0 saturated heterocycles. The number of benzene rings is 2. The van der Waals surface area contributed by atoms with Gasteiger partial charge in [0.2, 0.25) is 5.91 Å². The first-order valence-electron chi connectivity index (χ1n) is 13.5. The first-order chi connectivity index (χ1) is 20.0. The third kappa shape index (κ3) is 8.06. The predicted molar refractivity (Wildman–Crippen MR) is 151 cm³/mol. The first-order valence-corrected chi connectivity index (χ1v) is 15.0. The van der Waals surface area contributed by atoms with E-state index in [1.807, 2.05) is 6.92 Å². The van der Waals surface area contributed by atoms with Crippen LogP contribution in [0.25, 0.3) is 0 Å². The zero-order chi connectivity index (χ0) is 31.6. The van der Waals surface area contributed by atoms with E-state index < -0.39 is 50.2 Å². The fourth-order valence-corrected chi connectivity index (χ4v) is 6.00. The number of hydrogen-bond acceptors (Lipinski definition) is 7. The predicted octanol–water partition coefficient (Wildman–Crippen LogP) is 4.47. The lowest BCUT2D eigenvalue weighted by Gasteiger charge is -2.35. The number of fused-ring (bicyclic) bond motifs is 1. The van der Waals surface area contributed by atoms with Gasteiger partial charge in [0.25, 0.3) is 10.0 Å². The Morgan fingerprint density at radius 3 is 2.51 bits per heavy atom. The molecule has 2 heterocycles. The van der Waals surface area contributed by atoms with Gasteiger partial charge in [0.1, 0.15) is 17.5 Å². The van der Waals surface area contributed by atoms with Gasteiger partial charge >= 0.3 is 12.1 Å². The van der Waals surface area contributed by atoms with E-state index in [9.17, 15) is 31.2 Å². The van der Waals surface area contributed by atoms with Crippen molar-refractivity contribution in [3.05, 3.63) is 71.5 Å². The number of amides is 1. The maximum Gasteiger partial charge on any atom is 0.416 e. The molecule has 1 N–H and O–H groups in total. The van der Waals surface area contributed by atoms with Crippen LogP contribution in [0, 0.1) is 0 Å². The average Bonchev–Trinajstić information content (AvgIpc) is 3.38. The van der Waals surface area contributed by atoms with Crippen molar-refractivity contribution in [2.24, 2.45) is 0 Å².